The number of amides is 1. The molecule has 1 aromatic rings. The lowest BCUT2D eigenvalue weighted by Gasteiger charge is -2.04. The molecule has 0 spiro atoms. The smallest absolute Gasteiger partial charge is 0.325 e. The number of rotatable bonds is 3. The molecular formula is C9H9ClN2O3. The molecule has 80 valence electrons. The fourth-order valence-electron chi connectivity index (χ4n) is 0.864. The van der Waals surface area contributed by atoms with Crippen LogP contribution < -0.4 is 5.32 Å². The topological polar surface area (TPSA) is 68.3 Å². The van der Waals surface area contributed by atoms with Gasteiger partial charge in [0.1, 0.15) is 6.54 Å². The van der Waals surface area contributed by atoms with Gasteiger partial charge in [0.2, 0.25) is 0 Å². The van der Waals surface area contributed by atoms with E-state index in [0.29, 0.717) is 0 Å². The Kier molecular flexibility index (Phi) is 4.05. The van der Waals surface area contributed by atoms with E-state index in [4.69, 9.17) is 11.6 Å². The predicted molar refractivity (Wildman–Crippen MR) is 53.6 cm³/mol. The summed E-state index contributed by atoms with van der Waals surface area (Å²) in [5.74, 6) is -0.984. The number of hydrogen-bond acceptors (Lipinski definition) is 4. The average molecular weight is 229 g/mol. The van der Waals surface area contributed by atoms with Crippen molar-refractivity contribution in [1.29, 1.82) is 0 Å². The molecule has 15 heavy (non-hydrogen) atoms. The van der Waals surface area contributed by atoms with Crippen LogP contribution in [-0.4, -0.2) is 30.5 Å². The number of nitrogens with zero attached hydrogens (tertiary/aromatic N) is 1. The van der Waals surface area contributed by atoms with Crippen molar-refractivity contribution in [2.45, 2.75) is 0 Å². The average Bonchev–Trinajstić information content (AvgIpc) is 2.26. The molecule has 1 N–H and O–H groups in total. The lowest BCUT2D eigenvalue weighted by atomic mass is 10.2. The number of carbonyl (C=O) groups excluding carboxylic acids is 2. The van der Waals surface area contributed by atoms with Crippen LogP contribution in [0.15, 0.2) is 18.5 Å². The quantitative estimate of drug-likeness (QED) is 0.771. The normalized spacial score (nSPS) is 9.47. The van der Waals surface area contributed by atoms with Crippen molar-refractivity contribution < 1.29 is 14.3 Å². The van der Waals surface area contributed by atoms with E-state index in [1.807, 2.05) is 0 Å². The Bertz CT molecular complexity index is 381. The van der Waals surface area contributed by atoms with Gasteiger partial charge in [-0.2, -0.15) is 0 Å². The number of pyridine rings is 1. The van der Waals surface area contributed by atoms with Crippen LogP contribution >= 0.6 is 11.6 Å². The van der Waals surface area contributed by atoms with E-state index < -0.39 is 11.9 Å². The standard InChI is InChI=1S/C9H9ClN2O3/c1-15-8(13)5-12-9(14)6-4-11-3-2-7(6)10/h2-4H,5H2,1H3,(H,12,14). The molecule has 1 heterocycles. The largest absolute Gasteiger partial charge is 0.468 e. The molecule has 1 aromatic heterocycles. The molecule has 0 saturated carbocycles. The van der Waals surface area contributed by atoms with Crippen molar-refractivity contribution in [3.63, 3.8) is 0 Å². The minimum absolute atomic E-state index is 0.194. The van der Waals surface area contributed by atoms with Crippen LogP contribution in [0.5, 0.6) is 0 Å². The van der Waals surface area contributed by atoms with Crippen LogP contribution in [0.1, 0.15) is 10.4 Å². The molecule has 0 aliphatic carbocycles. The first kappa shape index (κ1) is 11.5. The summed E-state index contributed by atoms with van der Waals surface area (Å²) in [7, 11) is 1.24. The molecule has 0 fully saturated rings. The van der Waals surface area contributed by atoms with E-state index >= 15 is 0 Å². The summed E-state index contributed by atoms with van der Waals surface area (Å²) < 4.78 is 4.36. The van der Waals surface area contributed by atoms with Crippen LogP contribution in [0.3, 0.4) is 0 Å². The maximum absolute atomic E-state index is 11.4. The number of esters is 1. The third-order valence-corrected chi connectivity index (χ3v) is 1.96. The van der Waals surface area contributed by atoms with Crippen LogP contribution in [0, 0.1) is 0 Å². The van der Waals surface area contributed by atoms with Gasteiger partial charge >= 0.3 is 5.97 Å². The van der Waals surface area contributed by atoms with Gasteiger partial charge in [0, 0.05) is 12.4 Å². The Morgan fingerprint density at radius 1 is 1.60 bits per heavy atom. The number of methoxy groups -OCH3 is 1. The van der Waals surface area contributed by atoms with Crippen molar-refractivity contribution in [2.75, 3.05) is 13.7 Å². The second-order valence-electron chi connectivity index (χ2n) is 2.61. The van der Waals surface area contributed by atoms with Crippen LogP contribution in [0.2, 0.25) is 5.02 Å². The molecule has 0 unspecified atom stereocenters. The molecule has 6 heteroatoms. The monoisotopic (exact) mass is 228 g/mol. The fourth-order valence-corrected chi connectivity index (χ4v) is 1.06. The highest BCUT2D eigenvalue weighted by Gasteiger charge is 2.11. The van der Waals surface area contributed by atoms with E-state index in [2.05, 4.69) is 15.0 Å². The number of hydrogen-bond donors (Lipinski definition) is 1. The molecule has 5 nitrogen and oxygen atoms in total. The molecule has 0 aliphatic rings. The minimum Gasteiger partial charge on any atom is -0.468 e. The van der Waals surface area contributed by atoms with E-state index in [1.165, 1.54) is 25.6 Å². The second-order valence-corrected chi connectivity index (χ2v) is 3.02. The molecule has 1 amide bonds. The first-order chi connectivity index (χ1) is 7.15. The van der Waals surface area contributed by atoms with Gasteiger partial charge in [-0.3, -0.25) is 14.6 Å². The van der Waals surface area contributed by atoms with Gasteiger partial charge in [-0.1, -0.05) is 11.6 Å². The lowest BCUT2D eigenvalue weighted by molar-refractivity contribution is -0.139. The van der Waals surface area contributed by atoms with Gasteiger partial charge in [0.15, 0.2) is 0 Å². The number of halogens is 1. The first-order valence-electron chi connectivity index (χ1n) is 4.09. The van der Waals surface area contributed by atoms with Crippen molar-refractivity contribution in [3.8, 4) is 0 Å². The van der Waals surface area contributed by atoms with Crippen LogP contribution in [0.25, 0.3) is 0 Å². The Labute approximate surface area is 91.4 Å². The summed E-state index contributed by atoms with van der Waals surface area (Å²) in [4.78, 5) is 25.9. The van der Waals surface area contributed by atoms with Crippen LogP contribution in [-0.2, 0) is 9.53 Å². The van der Waals surface area contributed by atoms with Gasteiger partial charge in [-0.05, 0) is 6.07 Å². The van der Waals surface area contributed by atoms with Gasteiger partial charge in [0.25, 0.3) is 5.91 Å². The number of nitrogens with one attached hydrogen (secondary N) is 1. The molecule has 0 saturated heterocycles. The fraction of sp³-hybridized carbons (Fsp3) is 0.222. The zero-order valence-corrected chi connectivity index (χ0v) is 8.75. The Balaban J connectivity index is 2.62. The van der Waals surface area contributed by atoms with Crippen molar-refractivity contribution >= 4 is 23.5 Å². The number of ether oxygens (including phenoxy) is 1. The Morgan fingerprint density at radius 2 is 2.33 bits per heavy atom. The van der Waals surface area contributed by atoms with Crippen molar-refractivity contribution in [1.82, 2.24) is 10.3 Å². The molecule has 0 aromatic carbocycles. The summed E-state index contributed by atoms with van der Waals surface area (Å²) in [6, 6.07) is 1.49. The zero-order valence-electron chi connectivity index (χ0n) is 7.99. The van der Waals surface area contributed by atoms with Gasteiger partial charge in [-0.25, -0.2) is 0 Å². The summed E-state index contributed by atoms with van der Waals surface area (Å²) in [5.41, 5.74) is 0.225. The number of carbonyl (C=O) groups is 2. The van der Waals surface area contributed by atoms with E-state index in [0.717, 1.165) is 0 Å². The summed E-state index contributed by atoms with van der Waals surface area (Å²) >= 11 is 5.75. The first-order valence-corrected chi connectivity index (χ1v) is 4.47. The highest BCUT2D eigenvalue weighted by atomic mass is 35.5. The highest BCUT2D eigenvalue weighted by Crippen LogP contribution is 2.12. The molecule has 0 atom stereocenters. The third-order valence-electron chi connectivity index (χ3n) is 1.63. The minimum atomic E-state index is -0.525. The number of aromatic nitrogens is 1. The van der Waals surface area contributed by atoms with E-state index in [9.17, 15) is 9.59 Å². The van der Waals surface area contributed by atoms with E-state index in [1.54, 1.807) is 0 Å². The van der Waals surface area contributed by atoms with Crippen molar-refractivity contribution in [3.05, 3.63) is 29.0 Å². The van der Waals surface area contributed by atoms with Crippen molar-refractivity contribution in [2.24, 2.45) is 0 Å². The van der Waals surface area contributed by atoms with Gasteiger partial charge in [-0.15, -0.1) is 0 Å². The molecule has 0 aliphatic heterocycles. The van der Waals surface area contributed by atoms with E-state index in [-0.39, 0.29) is 17.1 Å². The second kappa shape index (κ2) is 5.31. The highest BCUT2D eigenvalue weighted by molar-refractivity contribution is 6.33. The maximum atomic E-state index is 11.4. The summed E-state index contributed by atoms with van der Waals surface area (Å²) in [6.45, 7) is -0.194. The summed E-state index contributed by atoms with van der Waals surface area (Å²) in [5, 5.41) is 2.64. The molecule has 0 radical (unpaired) electrons. The lowest BCUT2D eigenvalue weighted by Crippen LogP contribution is -2.30. The predicted octanol–water partition coefficient (Wildman–Crippen LogP) is 0.638. The van der Waals surface area contributed by atoms with Gasteiger partial charge in [0.05, 0.1) is 17.7 Å². The van der Waals surface area contributed by atoms with Gasteiger partial charge < -0.3 is 10.1 Å². The molecule has 0 bridgehead atoms. The molecule has 1 rings (SSSR count). The van der Waals surface area contributed by atoms with Crippen LogP contribution in [0.4, 0.5) is 0 Å². The Morgan fingerprint density at radius 3 is 2.93 bits per heavy atom. The summed E-state index contributed by atoms with van der Waals surface area (Å²) in [6.07, 6.45) is 2.80. The SMILES string of the molecule is COC(=O)CNC(=O)c1cnccc1Cl. The Hall–Kier alpha value is -1.62. The zero-order chi connectivity index (χ0) is 11.3. The maximum Gasteiger partial charge on any atom is 0.325 e. The third kappa shape index (κ3) is 3.21. The molecular weight excluding hydrogens is 220 g/mol.